The molecule has 2 rings (SSSR count). The molecular formula is C14H17ClN4. The Morgan fingerprint density at radius 2 is 2.11 bits per heavy atom. The SMILES string of the molecule is CCCc1c(N)ncnc1Nc1cccc(Cl)c1C. The van der Waals surface area contributed by atoms with Crippen LogP contribution >= 0.6 is 11.6 Å². The van der Waals surface area contributed by atoms with E-state index >= 15 is 0 Å². The summed E-state index contributed by atoms with van der Waals surface area (Å²) in [5.41, 5.74) is 8.78. The quantitative estimate of drug-likeness (QED) is 0.893. The van der Waals surface area contributed by atoms with Crippen LogP contribution in [0.2, 0.25) is 5.02 Å². The number of nitrogens with two attached hydrogens (primary N) is 1. The highest BCUT2D eigenvalue weighted by molar-refractivity contribution is 6.31. The van der Waals surface area contributed by atoms with E-state index in [4.69, 9.17) is 17.3 Å². The standard InChI is InChI=1S/C14H17ClN4/c1-3-5-10-13(16)17-8-18-14(10)19-12-7-4-6-11(15)9(12)2/h4,6-8H,3,5H2,1-2H3,(H3,16,17,18,19). The number of nitrogen functional groups attached to an aromatic ring is 1. The average Bonchev–Trinajstić information content (AvgIpc) is 2.39. The molecule has 100 valence electrons. The van der Waals surface area contributed by atoms with Crippen LogP contribution in [0.1, 0.15) is 24.5 Å². The van der Waals surface area contributed by atoms with Crippen molar-refractivity contribution < 1.29 is 0 Å². The molecule has 5 heteroatoms. The molecule has 0 aliphatic heterocycles. The Labute approximate surface area is 118 Å². The topological polar surface area (TPSA) is 63.8 Å². The molecular weight excluding hydrogens is 260 g/mol. The Kier molecular flexibility index (Phi) is 4.22. The van der Waals surface area contributed by atoms with Crippen molar-refractivity contribution in [2.45, 2.75) is 26.7 Å². The summed E-state index contributed by atoms with van der Waals surface area (Å²) in [4.78, 5) is 8.32. The van der Waals surface area contributed by atoms with Crippen LogP contribution in [-0.4, -0.2) is 9.97 Å². The summed E-state index contributed by atoms with van der Waals surface area (Å²) in [6.45, 7) is 4.07. The summed E-state index contributed by atoms with van der Waals surface area (Å²) in [5, 5.41) is 4.02. The van der Waals surface area contributed by atoms with Crippen molar-refractivity contribution in [1.29, 1.82) is 0 Å². The molecule has 2 aromatic rings. The number of nitrogens with one attached hydrogen (secondary N) is 1. The number of benzene rings is 1. The van der Waals surface area contributed by atoms with Gasteiger partial charge in [-0.1, -0.05) is 31.0 Å². The molecule has 0 bridgehead atoms. The normalized spacial score (nSPS) is 10.5. The molecule has 19 heavy (non-hydrogen) atoms. The number of hydrogen-bond donors (Lipinski definition) is 2. The maximum absolute atomic E-state index is 6.11. The van der Waals surface area contributed by atoms with E-state index in [1.165, 1.54) is 6.33 Å². The summed E-state index contributed by atoms with van der Waals surface area (Å²) in [6, 6.07) is 5.74. The number of rotatable bonds is 4. The van der Waals surface area contributed by atoms with E-state index in [0.717, 1.165) is 40.5 Å². The number of aromatic nitrogens is 2. The van der Waals surface area contributed by atoms with E-state index in [1.807, 2.05) is 25.1 Å². The molecule has 0 spiro atoms. The van der Waals surface area contributed by atoms with Crippen molar-refractivity contribution in [2.24, 2.45) is 0 Å². The molecule has 1 aromatic carbocycles. The minimum absolute atomic E-state index is 0.527. The lowest BCUT2D eigenvalue weighted by Crippen LogP contribution is -2.05. The molecule has 0 atom stereocenters. The molecule has 0 aliphatic carbocycles. The number of halogens is 1. The second-order valence-corrected chi connectivity index (χ2v) is 4.78. The van der Waals surface area contributed by atoms with Crippen molar-refractivity contribution >= 4 is 28.9 Å². The molecule has 0 aliphatic rings. The van der Waals surface area contributed by atoms with Crippen LogP contribution in [0.4, 0.5) is 17.3 Å². The van der Waals surface area contributed by atoms with Gasteiger partial charge in [-0.25, -0.2) is 9.97 Å². The lowest BCUT2D eigenvalue weighted by atomic mass is 10.1. The highest BCUT2D eigenvalue weighted by atomic mass is 35.5. The van der Waals surface area contributed by atoms with Gasteiger partial charge in [-0.15, -0.1) is 0 Å². The fraction of sp³-hybridized carbons (Fsp3) is 0.286. The molecule has 0 fully saturated rings. The third-order valence-electron chi connectivity index (χ3n) is 3.00. The minimum atomic E-state index is 0.527. The van der Waals surface area contributed by atoms with Crippen LogP contribution in [0.15, 0.2) is 24.5 Å². The summed E-state index contributed by atoms with van der Waals surface area (Å²) in [6.07, 6.45) is 3.30. The van der Waals surface area contributed by atoms with Crippen molar-refractivity contribution in [1.82, 2.24) is 9.97 Å². The van der Waals surface area contributed by atoms with E-state index in [1.54, 1.807) is 0 Å². The van der Waals surface area contributed by atoms with E-state index < -0.39 is 0 Å². The molecule has 0 radical (unpaired) electrons. The van der Waals surface area contributed by atoms with E-state index in [0.29, 0.717) is 5.82 Å². The van der Waals surface area contributed by atoms with E-state index in [2.05, 4.69) is 22.2 Å². The van der Waals surface area contributed by atoms with Gasteiger partial charge in [0, 0.05) is 16.3 Å². The summed E-state index contributed by atoms with van der Waals surface area (Å²) in [5.74, 6) is 1.28. The van der Waals surface area contributed by atoms with E-state index in [-0.39, 0.29) is 0 Å². The summed E-state index contributed by atoms with van der Waals surface area (Å²) in [7, 11) is 0. The van der Waals surface area contributed by atoms with Gasteiger partial charge in [0.1, 0.15) is 18.0 Å². The Balaban J connectivity index is 2.38. The Morgan fingerprint density at radius 1 is 1.32 bits per heavy atom. The van der Waals surface area contributed by atoms with Gasteiger partial charge in [-0.3, -0.25) is 0 Å². The largest absolute Gasteiger partial charge is 0.383 e. The Hall–Kier alpha value is -1.81. The van der Waals surface area contributed by atoms with Gasteiger partial charge >= 0.3 is 0 Å². The van der Waals surface area contributed by atoms with Gasteiger partial charge in [0.25, 0.3) is 0 Å². The van der Waals surface area contributed by atoms with Gasteiger partial charge in [-0.2, -0.15) is 0 Å². The van der Waals surface area contributed by atoms with Gasteiger partial charge in [0.15, 0.2) is 0 Å². The molecule has 0 unspecified atom stereocenters. The zero-order valence-corrected chi connectivity index (χ0v) is 11.8. The molecule has 1 heterocycles. The summed E-state index contributed by atoms with van der Waals surface area (Å²) >= 11 is 6.11. The number of hydrogen-bond acceptors (Lipinski definition) is 4. The molecule has 3 N–H and O–H groups in total. The fourth-order valence-corrected chi connectivity index (χ4v) is 2.08. The lowest BCUT2D eigenvalue weighted by Gasteiger charge is -2.14. The maximum atomic E-state index is 6.11. The maximum Gasteiger partial charge on any atom is 0.139 e. The second kappa shape index (κ2) is 5.89. The Morgan fingerprint density at radius 3 is 2.84 bits per heavy atom. The first-order valence-corrected chi connectivity index (χ1v) is 6.62. The first-order valence-electron chi connectivity index (χ1n) is 6.25. The summed E-state index contributed by atoms with van der Waals surface area (Å²) < 4.78 is 0. The van der Waals surface area contributed by atoms with Crippen molar-refractivity contribution in [3.8, 4) is 0 Å². The Bertz CT molecular complexity index is 584. The molecule has 1 aromatic heterocycles. The highest BCUT2D eigenvalue weighted by Crippen LogP contribution is 2.28. The van der Waals surface area contributed by atoms with Gasteiger partial charge in [-0.05, 0) is 31.0 Å². The third-order valence-corrected chi connectivity index (χ3v) is 3.41. The predicted octanol–water partition coefficient (Wildman–Crippen LogP) is 3.72. The molecule has 0 saturated carbocycles. The van der Waals surface area contributed by atoms with Crippen LogP contribution in [0.5, 0.6) is 0 Å². The van der Waals surface area contributed by atoms with Crippen LogP contribution in [-0.2, 0) is 6.42 Å². The van der Waals surface area contributed by atoms with Crippen LogP contribution in [0.25, 0.3) is 0 Å². The predicted molar refractivity (Wildman–Crippen MR) is 79.9 cm³/mol. The number of nitrogens with zero attached hydrogens (tertiary/aromatic N) is 2. The zero-order chi connectivity index (χ0) is 13.8. The first-order chi connectivity index (χ1) is 9.13. The minimum Gasteiger partial charge on any atom is -0.383 e. The first kappa shape index (κ1) is 13.6. The van der Waals surface area contributed by atoms with Crippen LogP contribution in [0.3, 0.4) is 0 Å². The van der Waals surface area contributed by atoms with Gasteiger partial charge in [0.2, 0.25) is 0 Å². The average molecular weight is 277 g/mol. The monoisotopic (exact) mass is 276 g/mol. The van der Waals surface area contributed by atoms with E-state index in [9.17, 15) is 0 Å². The van der Waals surface area contributed by atoms with Gasteiger partial charge < -0.3 is 11.1 Å². The van der Waals surface area contributed by atoms with Crippen molar-refractivity contribution in [2.75, 3.05) is 11.1 Å². The van der Waals surface area contributed by atoms with Gasteiger partial charge in [0.05, 0.1) is 0 Å². The molecule has 0 amide bonds. The van der Waals surface area contributed by atoms with Crippen molar-refractivity contribution in [3.05, 3.63) is 40.7 Å². The number of anilines is 3. The lowest BCUT2D eigenvalue weighted by molar-refractivity contribution is 0.908. The third kappa shape index (κ3) is 2.96. The zero-order valence-electron chi connectivity index (χ0n) is 11.1. The van der Waals surface area contributed by atoms with Crippen LogP contribution in [0, 0.1) is 6.92 Å². The molecule has 0 saturated heterocycles. The highest BCUT2D eigenvalue weighted by Gasteiger charge is 2.10. The smallest absolute Gasteiger partial charge is 0.139 e. The fourth-order valence-electron chi connectivity index (χ4n) is 1.90. The van der Waals surface area contributed by atoms with Crippen molar-refractivity contribution in [3.63, 3.8) is 0 Å². The van der Waals surface area contributed by atoms with Crippen LogP contribution < -0.4 is 11.1 Å². The molecule has 4 nitrogen and oxygen atoms in total. The second-order valence-electron chi connectivity index (χ2n) is 4.37.